The van der Waals surface area contributed by atoms with Crippen molar-refractivity contribution in [2.75, 3.05) is 49.3 Å². The minimum atomic E-state index is -0.0269. The van der Waals surface area contributed by atoms with E-state index in [2.05, 4.69) is 39.0 Å². The van der Waals surface area contributed by atoms with Crippen molar-refractivity contribution in [1.29, 1.82) is 0 Å². The largest absolute Gasteiger partial charge is 0.493 e. The Morgan fingerprint density at radius 1 is 1.03 bits per heavy atom. The molecule has 2 fully saturated rings. The maximum atomic E-state index is 12.5. The number of anilines is 2. The number of hydrogen-bond donors (Lipinski definition) is 1. The number of pyridine rings is 1. The third kappa shape index (κ3) is 4.06. The van der Waals surface area contributed by atoms with E-state index in [0.717, 1.165) is 69.2 Å². The minimum Gasteiger partial charge on any atom is -0.493 e. The highest BCUT2D eigenvalue weighted by atomic mass is 16.5. The van der Waals surface area contributed by atoms with Gasteiger partial charge >= 0.3 is 0 Å². The fourth-order valence-corrected chi connectivity index (χ4v) is 5.08. The van der Waals surface area contributed by atoms with Gasteiger partial charge in [0.25, 0.3) is 5.56 Å². The van der Waals surface area contributed by atoms with Gasteiger partial charge in [-0.2, -0.15) is 0 Å². The van der Waals surface area contributed by atoms with Crippen LogP contribution in [0, 0.1) is 0 Å². The van der Waals surface area contributed by atoms with Crippen LogP contribution in [0.5, 0.6) is 5.75 Å². The van der Waals surface area contributed by atoms with Crippen LogP contribution in [-0.2, 0) is 17.6 Å². The van der Waals surface area contributed by atoms with Gasteiger partial charge in [-0.15, -0.1) is 0 Å². The zero-order valence-corrected chi connectivity index (χ0v) is 17.6. The number of ether oxygens (including phenoxy) is 2. The molecule has 0 saturated carbocycles. The van der Waals surface area contributed by atoms with E-state index in [1.165, 1.54) is 24.0 Å². The van der Waals surface area contributed by atoms with Crippen LogP contribution in [0.3, 0.4) is 0 Å². The number of morpholine rings is 1. The van der Waals surface area contributed by atoms with E-state index in [1.807, 2.05) is 0 Å². The Hall–Kier alpha value is -2.47. The molecule has 1 aromatic heterocycles. The van der Waals surface area contributed by atoms with Crippen molar-refractivity contribution >= 4 is 11.5 Å². The summed E-state index contributed by atoms with van der Waals surface area (Å²) in [5, 5.41) is 0. The van der Waals surface area contributed by atoms with Crippen molar-refractivity contribution in [3.63, 3.8) is 0 Å². The average Bonchev–Trinajstić information content (AvgIpc) is 3.14. The first kappa shape index (κ1) is 19.5. The van der Waals surface area contributed by atoms with Gasteiger partial charge in [0.05, 0.1) is 19.8 Å². The van der Waals surface area contributed by atoms with Crippen molar-refractivity contribution in [2.45, 2.75) is 44.6 Å². The van der Waals surface area contributed by atoms with Gasteiger partial charge in [-0.25, -0.2) is 0 Å². The molecule has 4 heterocycles. The van der Waals surface area contributed by atoms with E-state index in [0.29, 0.717) is 19.3 Å². The zero-order valence-electron chi connectivity index (χ0n) is 17.6. The first-order valence-electron chi connectivity index (χ1n) is 11.4. The first-order valence-corrected chi connectivity index (χ1v) is 11.4. The molecule has 6 heteroatoms. The zero-order chi connectivity index (χ0) is 20.3. The second kappa shape index (κ2) is 8.72. The van der Waals surface area contributed by atoms with Crippen LogP contribution in [0.2, 0.25) is 0 Å². The van der Waals surface area contributed by atoms with Gasteiger partial charge in [0, 0.05) is 49.9 Å². The van der Waals surface area contributed by atoms with E-state index in [1.54, 1.807) is 6.07 Å². The number of nitrogens with one attached hydrogen (secondary N) is 1. The highest BCUT2D eigenvalue weighted by molar-refractivity contribution is 5.56. The molecule has 2 saturated heterocycles. The summed E-state index contributed by atoms with van der Waals surface area (Å²) in [6.07, 6.45) is 6.71. The van der Waals surface area contributed by atoms with Gasteiger partial charge in [-0.1, -0.05) is 31.0 Å². The van der Waals surface area contributed by atoms with E-state index < -0.39 is 0 Å². The molecule has 0 radical (unpaired) electrons. The van der Waals surface area contributed by atoms with E-state index in [-0.39, 0.29) is 5.56 Å². The second-order valence-electron chi connectivity index (χ2n) is 8.59. The Balaban J connectivity index is 1.44. The molecule has 1 atom stereocenters. The Morgan fingerprint density at radius 2 is 1.93 bits per heavy atom. The number of para-hydroxylation sites is 1. The summed E-state index contributed by atoms with van der Waals surface area (Å²) in [6, 6.07) is 10.8. The lowest BCUT2D eigenvalue weighted by Gasteiger charge is -2.34. The summed E-state index contributed by atoms with van der Waals surface area (Å²) in [6.45, 7) is 4.86. The minimum absolute atomic E-state index is 0.0269. The van der Waals surface area contributed by atoms with Crippen LogP contribution >= 0.6 is 0 Å². The summed E-state index contributed by atoms with van der Waals surface area (Å²) in [7, 11) is 0. The fourth-order valence-electron chi connectivity index (χ4n) is 5.08. The summed E-state index contributed by atoms with van der Waals surface area (Å²) in [5.74, 6) is 2.04. The predicted molar refractivity (Wildman–Crippen MR) is 119 cm³/mol. The Morgan fingerprint density at radius 3 is 2.83 bits per heavy atom. The highest BCUT2D eigenvalue weighted by Crippen LogP contribution is 2.33. The van der Waals surface area contributed by atoms with Gasteiger partial charge in [0.1, 0.15) is 11.6 Å². The van der Waals surface area contributed by atoms with Crippen molar-refractivity contribution < 1.29 is 9.47 Å². The number of H-pyrrole nitrogens is 1. The third-order valence-electron chi connectivity index (χ3n) is 6.63. The maximum absolute atomic E-state index is 12.5. The molecule has 0 bridgehead atoms. The van der Waals surface area contributed by atoms with Gasteiger partial charge in [0.15, 0.2) is 0 Å². The maximum Gasteiger partial charge on any atom is 0.251 e. The molecule has 30 heavy (non-hydrogen) atoms. The lowest BCUT2D eigenvalue weighted by molar-refractivity contribution is 0.122. The monoisotopic (exact) mass is 409 g/mol. The molecule has 0 spiro atoms. The molecule has 2 aromatic rings. The van der Waals surface area contributed by atoms with Gasteiger partial charge in [0.2, 0.25) is 0 Å². The molecule has 1 aromatic carbocycles. The molecule has 3 aliphatic rings. The average molecular weight is 410 g/mol. The molecule has 1 N–H and O–H groups in total. The number of rotatable bonds is 4. The summed E-state index contributed by atoms with van der Waals surface area (Å²) in [5.41, 5.74) is 3.61. The van der Waals surface area contributed by atoms with Crippen LogP contribution in [0.15, 0.2) is 35.1 Å². The van der Waals surface area contributed by atoms with Gasteiger partial charge in [-0.3, -0.25) is 4.79 Å². The number of aromatic amines is 1. The number of hydrogen-bond acceptors (Lipinski definition) is 5. The van der Waals surface area contributed by atoms with E-state index in [4.69, 9.17) is 9.47 Å². The Bertz CT molecular complexity index is 936. The molecule has 0 aliphatic carbocycles. The standard InChI is InChI=1S/C24H31N3O3/c28-23-17-21(26-10-13-29-14-11-26)16-22(25-23)27-9-3-1-2-7-20(27)15-19-6-4-5-18-8-12-30-24(18)19/h4-6,16-17,20H,1-3,7-15H2,(H,25,28)/t20-/m0/s1. The van der Waals surface area contributed by atoms with E-state index in [9.17, 15) is 4.79 Å². The third-order valence-corrected chi connectivity index (χ3v) is 6.63. The SMILES string of the molecule is O=c1cc(N2CCOCC2)cc(N2CCCCC[C@H]2Cc2cccc3c2OCC3)[nH]1. The lowest BCUT2D eigenvalue weighted by Crippen LogP contribution is -2.39. The molecule has 5 rings (SSSR count). The Kier molecular flexibility index (Phi) is 5.67. The van der Waals surface area contributed by atoms with Crippen molar-refractivity contribution in [1.82, 2.24) is 4.98 Å². The first-order chi connectivity index (χ1) is 14.8. The quantitative estimate of drug-likeness (QED) is 0.841. The highest BCUT2D eigenvalue weighted by Gasteiger charge is 2.26. The van der Waals surface area contributed by atoms with Crippen molar-refractivity contribution in [3.05, 3.63) is 51.8 Å². The smallest absolute Gasteiger partial charge is 0.251 e. The predicted octanol–water partition coefficient (Wildman–Crippen LogP) is 3.14. The molecule has 3 aliphatic heterocycles. The van der Waals surface area contributed by atoms with Gasteiger partial charge < -0.3 is 24.3 Å². The number of fused-ring (bicyclic) bond motifs is 1. The van der Waals surface area contributed by atoms with Crippen molar-refractivity contribution in [3.8, 4) is 5.75 Å². The molecule has 6 nitrogen and oxygen atoms in total. The normalized spacial score (nSPS) is 21.8. The molecule has 160 valence electrons. The molecular formula is C24H31N3O3. The fraction of sp³-hybridized carbons (Fsp3) is 0.542. The van der Waals surface area contributed by atoms with Crippen LogP contribution in [0.1, 0.15) is 36.8 Å². The Labute approximate surface area is 177 Å². The topological polar surface area (TPSA) is 57.8 Å². The molecule has 0 amide bonds. The lowest BCUT2D eigenvalue weighted by atomic mass is 9.98. The van der Waals surface area contributed by atoms with Crippen LogP contribution < -0.4 is 20.1 Å². The van der Waals surface area contributed by atoms with Crippen molar-refractivity contribution in [2.24, 2.45) is 0 Å². The van der Waals surface area contributed by atoms with Gasteiger partial charge in [-0.05, 0) is 30.4 Å². The number of nitrogens with zero attached hydrogens (tertiary/aromatic N) is 2. The summed E-state index contributed by atoms with van der Waals surface area (Å²) >= 11 is 0. The van der Waals surface area contributed by atoms with Crippen LogP contribution in [-0.4, -0.2) is 50.5 Å². The van der Waals surface area contributed by atoms with Crippen LogP contribution in [0.25, 0.3) is 0 Å². The van der Waals surface area contributed by atoms with Crippen LogP contribution in [0.4, 0.5) is 11.5 Å². The molecule has 0 unspecified atom stereocenters. The molecular weight excluding hydrogens is 378 g/mol. The summed E-state index contributed by atoms with van der Waals surface area (Å²) in [4.78, 5) is 20.4. The second-order valence-corrected chi connectivity index (χ2v) is 8.59. The van der Waals surface area contributed by atoms with E-state index >= 15 is 0 Å². The summed E-state index contributed by atoms with van der Waals surface area (Å²) < 4.78 is 11.5. The number of aromatic nitrogens is 1. The number of benzene rings is 1.